The largest absolute Gasteiger partial charge is 0.483 e. The van der Waals surface area contributed by atoms with E-state index in [1.165, 1.54) is 6.42 Å². The van der Waals surface area contributed by atoms with Crippen molar-refractivity contribution < 1.29 is 14.6 Å². The highest BCUT2D eigenvalue weighted by atomic mass is 16.5. The quantitative estimate of drug-likeness (QED) is 0.876. The molecule has 21 heavy (non-hydrogen) atoms. The van der Waals surface area contributed by atoms with Crippen molar-refractivity contribution >= 4 is 5.91 Å². The molecule has 0 spiro atoms. The maximum Gasteiger partial charge on any atom is 0.258 e. The van der Waals surface area contributed by atoms with Crippen LogP contribution in [0, 0.1) is 13.8 Å². The summed E-state index contributed by atoms with van der Waals surface area (Å²) in [6, 6.07) is 5.80. The predicted octanol–water partition coefficient (Wildman–Crippen LogP) is 2.49. The van der Waals surface area contributed by atoms with Gasteiger partial charge in [-0.1, -0.05) is 31.4 Å². The Morgan fingerprint density at radius 1 is 1.29 bits per heavy atom. The average molecular weight is 291 g/mol. The molecule has 0 heterocycles. The van der Waals surface area contributed by atoms with E-state index in [0.717, 1.165) is 42.6 Å². The first-order chi connectivity index (χ1) is 10.0. The van der Waals surface area contributed by atoms with Crippen molar-refractivity contribution in [3.8, 4) is 5.75 Å². The molecule has 0 unspecified atom stereocenters. The zero-order valence-electron chi connectivity index (χ0n) is 12.9. The molecule has 0 saturated heterocycles. The molecule has 0 bridgehead atoms. The van der Waals surface area contributed by atoms with Crippen LogP contribution in [0.15, 0.2) is 18.2 Å². The fourth-order valence-corrected chi connectivity index (χ4v) is 2.72. The van der Waals surface area contributed by atoms with E-state index in [9.17, 15) is 9.90 Å². The minimum absolute atomic E-state index is 0.0135. The first kappa shape index (κ1) is 15.8. The van der Waals surface area contributed by atoms with Crippen molar-refractivity contribution in [1.82, 2.24) is 5.32 Å². The van der Waals surface area contributed by atoms with Gasteiger partial charge in [0, 0.05) is 6.54 Å². The van der Waals surface area contributed by atoms with Crippen LogP contribution in [-0.2, 0) is 4.79 Å². The molecular formula is C17H25NO3. The van der Waals surface area contributed by atoms with Crippen LogP contribution < -0.4 is 10.1 Å². The minimum Gasteiger partial charge on any atom is -0.483 e. The number of nitrogens with one attached hydrogen (secondary N) is 1. The lowest BCUT2D eigenvalue weighted by molar-refractivity contribution is -0.124. The van der Waals surface area contributed by atoms with E-state index in [1.54, 1.807) is 0 Å². The highest BCUT2D eigenvalue weighted by molar-refractivity contribution is 5.77. The lowest BCUT2D eigenvalue weighted by Crippen LogP contribution is -2.45. The molecular weight excluding hydrogens is 266 g/mol. The smallest absolute Gasteiger partial charge is 0.258 e. The van der Waals surface area contributed by atoms with E-state index in [-0.39, 0.29) is 12.5 Å². The number of ether oxygens (including phenoxy) is 1. The molecule has 4 nitrogen and oxygen atoms in total. The molecule has 0 radical (unpaired) electrons. The second-order valence-corrected chi connectivity index (χ2v) is 6.05. The van der Waals surface area contributed by atoms with Gasteiger partial charge in [0.05, 0.1) is 5.60 Å². The predicted molar refractivity (Wildman–Crippen MR) is 82.5 cm³/mol. The van der Waals surface area contributed by atoms with E-state index in [0.29, 0.717) is 6.54 Å². The molecule has 1 fully saturated rings. The maximum atomic E-state index is 11.9. The van der Waals surface area contributed by atoms with Crippen LogP contribution in [0.4, 0.5) is 0 Å². The maximum absolute atomic E-state index is 11.9. The zero-order valence-corrected chi connectivity index (χ0v) is 12.9. The zero-order chi connectivity index (χ0) is 15.3. The molecule has 1 saturated carbocycles. The van der Waals surface area contributed by atoms with E-state index in [1.807, 2.05) is 32.0 Å². The van der Waals surface area contributed by atoms with E-state index < -0.39 is 5.60 Å². The molecule has 1 aromatic carbocycles. The monoisotopic (exact) mass is 291 g/mol. The highest BCUT2D eigenvalue weighted by Crippen LogP contribution is 2.27. The van der Waals surface area contributed by atoms with Gasteiger partial charge in [0.15, 0.2) is 6.61 Å². The highest BCUT2D eigenvalue weighted by Gasteiger charge is 2.29. The third kappa shape index (κ3) is 4.46. The summed E-state index contributed by atoms with van der Waals surface area (Å²) in [5.41, 5.74) is 1.47. The minimum atomic E-state index is -0.729. The van der Waals surface area contributed by atoms with Crippen LogP contribution >= 0.6 is 0 Å². The van der Waals surface area contributed by atoms with Gasteiger partial charge in [-0.3, -0.25) is 4.79 Å². The van der Waals surface area contributed by atoms with Gasteiger partial charge in [-0.2, -0.15) is 0 Å². The Morgan fingerprint density at radius 2 is 2.00 bits per heavy atom. The number of carbonyl (C=O) groups excluding carboxylic acids is 1. The topological polar surface area (TPSA) is 58.6 Å². The van der Waals surface area contributed by atoms with Gasteiger partial charge in [-0.25, -0.2) is 0 Å². The molecule has 1 aliphatic rings. The van der Waals surface area contributed by atoms with E-state index >= 15 is 0 Å². The van der Waals surface area contributed by atoms with Gasteiger partial charge in [0.2, 0.25) is 0 Å². The van der Waals surface area contributed by atoms with E-state index in [4.69, 9.17) is 4.74 Å². The Hall–Kier alpha value is -1.55. The van der Waals surface area contributed by atoms with Gasteiger partial charge in [-0.05, 0) is 43.9 Å². The van der Waals surface area contributed by atoms with Gasteiger partial charge in [0.1, 0.15) is 5.75 Å². The molecule has 0 aromatic heterocycles. The Bertz CT molecular complexity index is 493. The summed E-state index contributed by atoms with van der Waals surface area (Å²) in [7, 11) is 0. The summed E-state index contributed by atoms with van der Waals surface area (Å²) in [5, 5.41) is 13.1. The SMILES string of the molecule is Cc1cccc(OCC(=O)NCC2(O)CCCCC2)c1C. The molecule has 0 atom stereocenters. The third-order valence-electron chi connectivity index (χ3n) is 4.31. The van der Waals surface area contributed by atoms with Crippen LogP contribution in [0.2, 0.25) is 0 Å². The Kier molecular flexibility index (Phi) is 5.23. The van der Waals surface area contributed by atoms with Crippen molar-refractivity contribution in [1.29, 1.82) is 0 Å². The number of aliphatic hydroxyl groups is 1. The van der Waals surface area contributed by atoms with Crippen LogP contribution in [0.3, 0.4) is 0 Å². The van der Waals surface area contributed by atoms with Crippen LogP contribution in [0.5, 0.6) is 5.75 Å². The fraction of sp³-hybridized carbons (Fsp3) is 0.588. The average Bonchev–Trinajstić information content (AvgIpc) is 2.47. The lowest BCUT2D eigenvalue weighted by Gasteiger charge is -2.32. The summed E-state index contributed by atoms with van der Waals surface area (Å²) in [6.45, 7) is 4.30. The van der Waals surface area contributed by atoms with Crippen LogP contribution in [0.25, 0.3) is 0 Å². The first-order valence-electron chi connectivity index (χ1n) is 7.68. The molecule has 1 aliphatic carbocycles. The third-order valence-corrected chi connectivity index (χ3v) is 4.31. The van der Waals surface area contributed by atoms with Crippen molar-refractivity contribution in [2.75, 3.05) is 13.2 Å². The number of benzene rings is 1. The fourth-order valence-electron chi connectivity index (χ4n) is 2.72. The number of amides is 1. The number of hydrogen-bond donors (Lipinski definition) is 2. The number of rotatable bonds is 5. The van der Waals surface area contributed by atoms with Crippen molar-refractivity contribution in [3.05, 3.63) is 29.3 Å². The Balaban J connectivity index is 1.78. The summed E-state index contributed by atoms with van der Waals surface area (Å²) >= 11 is 0. The van der Waals surface area contributed by atoms with Crippen molar-refractivity contribution in [2.24, 2.45) is 0 Å². The van der Waals surface area contributed by atoms with Gasteiger partial charge in [-0.15, -0.1) is 0 Å². The van der Waals surface area contributed by atoms with Crippen LogP contribution in [-0.4, -0.2) is 29.8 Å². The first-order valence-corrected chi connectivity index (χ1v) is 7.68. The molecule has 116 valence electrons. The molecule has 2 N–H and O–H groups in total. The Labute approximate surface area is 126 Å². The van der Waals surface area contributed by atoms with Crippen LogP contribution in [0.1, 0.15) is 43.2 Å². The van der Waals surface area contributed by atoms with Gasteiger partial charge < -0.3 is 15.2 Å². The second kappa shape index (κ2) is 6.94. The molecule has 4 heteroatoms. The Morgan fingerprint density at radius 3 is 2.71 bits per heavy atom. The standard InChI is InChI=1S/C17H25NO3/c1-13-7-6-8-15(14(13)2)21-11-16(19)18-12-17(20)9-4-3-5-10-17/h6-8,20H,3-5,9-12H2,1-2H3,(H,18,19). The number of hydrogen-bond acceptors (Lipinski definition) is 3. The number of aryl methyl sites for hydroxylation is 1. The number of carbonyl (C=O) groups is 1. The lowest BCUT2D eigenvalue weighted by atomic mass is 9.85. The molecule has 2 rings (SSSR count). The van der Waals surface area contributed by atoms with Gasteiger partial charge in [0.25, 0.3) is 5.91 Å². The summed E-state index contributed by atoms with van der Waals surface area (Å²) < 4.78 is 5.56. The summed E-state index contributed by atoms with van der Waals surface area (Å²) in [6.07, 6.45) is 4.78. The molecule has 0 aliphatic heterocycles. The molecule has 1 aromatic rings. The summed E-state index contributed by atoms with van der Waals surface area (Å²) in [4.78, 5) is 11.9. The van der Waals surface area contributed by atoms with Crippen molar-refractivity contribution in [3.63, 3.8) is 0 Å². The summed E-state index contributed by atoms with van der Waals surface area (Å²) in [5.74, 6) is 0.552. The van der Waals surface area contributed by atoms with Gasteiger partial charge >= 0.3 is 0 Å². The normalized spacial score (nSPS) is 17.3. The van der Waals surface area contributed by atoms with E-state index in [2.05, 4.69) is 5.32 Å². The second-order valence-electron chi connectivity index (χ2n) is 6.05. The molecule has 1 amide bonds. The van der Waals surface area contributed by atoms with Crippen molar-refractivity contribution in [2.45, 2.75) is 51.6 Å².